The van der Waals surface area contributed by atoms with Crippen molar-refractivity contribution in [3.05, 3.63) is 37.0 Å². The molecule has 1 aliphatic heterocycles. The summed E-state index contributed by atoms with van der Waals surface area (Å²) in [5, 5.41) is 1.17. The maximum Gasteiger partial charge on any atom is 0.0950 e. The normalized spacial score (nSPS) is 16.1. The predicted octanol–water partition coefficient (Wildman–Crippen LogP) is 3.36. The fraction of sp³-hybridized carbons (Fsp3) is 0.500. The number of thiophene rings is 1. The quantitative estimate of drug-likeness (QED) is 0.668. The Bertz CT molecular complexity index is 560. The second-order valence-corrected chi connectivity index (χ2v) is 8.63. The second-order valence-electron chi connectivity index (χ2n) is 5.07. The summed E-state index contributed by atoms with van der Waals surface area (Å²) >= 11 is 5.72. The van der Waals surface area contributed by atoms with Crippen LogP contribution >= 0.6 is 34.4 Å². The molecule has 1 unspecified atom stereocenters. The summed E-state index contributed by atoms with van der Waals surface area (Å²) in [5.74, 6) is 8.18. The molecule has 3 rings (SSSR count). The van der Waals surface area contributed by atoms with Crippen molar-refractivity contribution in [1.29, 1.82) is 0 Å². The molecule has 6 heteroatoms. The molecule has 3 N–H and O–H groups in total. The molecule has 0 radical (unpaired) electrons. The van der Waals surface area contributed by atoms with Crippen molar-refractivity contribution < 1.29 is 0 Å². The molecular formula is C14H19N3S3. The lowest BCUT2D eigenvalue weighted by molar-refractivity contribution is 0.559. The minimum atomic E-state index is 0.181. The molecule has 0 aliphatic carbocycles. The van der Waals surface area contributed by atoms with E-state index in [4.69, 9.17) is 5.84 Å². The summed E-state index contributed by atoms with van der Waals surface area (Å²) in [6, 6.07) is 2.52. The van der Waals surface area contributed by atoms with E-state index in [1.54, 1.807) is 16.2 Å². The minimum Gasteiger partial charge on any atom is -0.271 e. The summed E-state index contributed by atoms with van der Waals surface area (Å²) in [4.78, 5) is 8.83. The van der Waals surface area contributed by atoms with Gasteiger partial charge in [-0.2, -0.15) is 11.8 Å². The van der Waals surface area contributed by atoms with Crippen LogP contribution in [-0.2, 0) is 18.6 Å². The zero-order chi connectivity index (χ0) is 14.1. The summed E-state index contributed by atoms with van der Waals surface area (Å²) < 4.78 is 0. The third-order valence-electron chi connectivity index (χ3n) is 3.64. The van der Waals surface area contributed by atoms with Crippen LogP contribution in [0.25, 0.3) is 0 Å². The Balaban J connectivity index is 1.80. The minimum absolute atomic E-state index is 0.181. The molecule has 2 aromatic heterocycles. The first-order chi connectivity index (χ1) is 9.67. The molecule has 0 saturated carbocycles. The molecule has 20 heavy (non-hydrogen) atoms. The third kappa shape index (κ3) is 2.94. The average Bonchev–Trinajstić information content (AvgIpc) is 3.00. The van der Waals surface area contributed by atoms with Gasteiger partial charge in [0, 0.05) is 26.8 Å². The van der Waals surface area contributed by atoms with E-state index in [-0.39, 0.29) is 6.04 Å². The molecule has 1 atom stereocenters. The molecule has 0 bridgehead atoms. The first-order valence-corrected chi connectivity index (χ1v) is 9.54. The fourth-order valence-electron chi connectivity index (χ4n) is 2.38. The SMILES string of the molecule is Cc1nc(CC(NN)c2cc3c(s2)CCSC3)sc1C. The highest BCUT2D eigenvalue weighted by atomic mass is 32.2. The molecule has 2 aromatic rings. The summed E-state index contributed by atoms with van der Waals surface area (Å²) in [6.45, 7) is 4.20. The van der Waals surface area contributed by atoms with Crippen molar-refractivity contribution in [3.63, 3.8) is 0 Å². The van der Waals surface area contributed by atoms with E-state index in [9.17, 15) is 0 Å². The summed E-state index contributed by atoms with van der Waals surface area (Å²) in [6.07, 6.45) is 2.08. The molecule has 0 amide bonds. The van der Waals surface area contributed by atoms with Gasteiger partial charge in [0.1, 0.15) is 0 Å². The maximum atomic E-state index is 5.78. The molecule has 0 fully saturated rings. The molecular weight excluding hydrogens is 306 g/mol. The summed E-state index contributed by atoms with van der Waals surface area (Å²) in [7, 11) is 0. The van der Waals surface area contributed by atoms with Gasteiger partial charge in [-0.25, -0.2) is 4.98 Å². The fourth-order valence-corrected chi connectivity index (χ4v) is 5.80. The molecule has 3 nitrogen and oxygen atoms in total. The molecule has 108 valence electrons. The van der Waals surface area contributed by atoms with Crippen molar-refractivity contribution in [2.24, 2.45) is 5.84 Å². The van der Waals surface area contributed by atoms with Gasteiger partial charge in [-0.15, -0.1) is 22.7 Å². The number of nitrogens with two attached hydrogens (primary N) is 1. The van der Waals surface area contributed by atoms with Gasteiger partial charge in [0.05, 0.1) is 16.7 Å². The van der Waals surface area contributed by atoms with Gasteiger partial charge in [-0.1, -0.05) is 0 Å². The Labute approximate surface area is 132 Å². The number of thioether (sulfide) groups is 1. The highest BCUT2D eigenvalue weighted by Gasteiger charge is 2.20. The van der Waals surface area contributed by atoms with Gasteiger partial charge in [0.25, 0.3) is 0 Å². The van der Waals surface area contributed by atoms with E-state index < -0.39 is 0 Å². The van der Waals surface area contributed by atoms with E-state index in [0.29, 0.717) is 0 Å². The van der Waals surface area contributed by atoms with Crippen molar-refractivity contribution in [2.75, 3.05) is 5.75 Å². The number of aryl methyl sites for hydroxylation is 3. The van der Waals surface area contributed by atoms with Gasteiger partial charge in [0.2, 0.25) is 0 Å². The standard InChI is InChI=1S/C14H19N3S3/c1-8-9(2)19-14(16-8)6-11(17-15)13-5-10-7-18-4-3-12(10)20-13/h5,11,17H,3-4,6-7,15H2,1-2H3. The number of rotatable bonds is 4. The maximum absolute atomic E-state index is 5.78. The summed E-state index contributed by atoms with van der Waals surface area (Å²) in [5.41, 5.74) is 5.62. The van der Waals surface area contributed by atoms with Gasteiger partial charge < -0.3 is 0 Å². The van der Waals surface area contributed by atoms with E-state index in [1.165, 1.54) is 32.5 Å². The lowest BCUT2D eigenvalue weighted by Gasteiger charge is -2.12. The number of nitrogens with one attached hydrogen (secondary N) is 1. The predicted molar refractivity (Wildman–Crippen MR) is 89.5 cm³/mol. The lowest BCUT2D eigenvalue weighted by Crippen LogP contribution is -2.28. The average molecular weight is 326 g/mol. The Kier molecular flexibility index (Phi) is 4.47. The van der Waals surface area contributed by atoms with Crippen LogP contribution in [0.2, 0.25) is 0 Å². The number of hydrogen-bond donors (Lipinski definition) is 2. The van der Waals surface area contributed by atoms with Crippen molar-refractivity contribution in [2.45, 2.75) is 38.5 Å². The number of hydrazine groups is 1. The highest BCUT2D eigenvalue weighted by Crippen LogP contribution is 2.35. The van der Waals surface area contributed by atoms with Crippen LogP contribution in [0.1, 0.15) is 36.9 Å². The van der Waals surface area contributed by atoms with Crippen LogP contribution in [0.5, 0.6) is 0 Å². The second kappa shape index (κ2) is 6.15. The Morgan fingerprint density at radius 1 is 1.40 bits per heavy atom. The Morgan fingerprint density at radius 2 is 2.25 bits per heavy atom. The molecule has 1 aliphatic rings. The zero-order valence-corrected chi connectivity index (χ0v) is 14.2. The van der Waals surface area contributed by atoms with E-state index in [2.05, 4.69) is 30.3 Å². The van der Waals surface area contributed by atoms with Crippen molar-refractivity contribution in [3.8, 4) is 0 Å². The van der Waals surface area contributed by atoms with Crippen LogP contribution in [0.3, 0.4) is 0 Å². The number of fused-ring (bicyclic) bond motifs is 1. The monoisotopic (exact) mass is 325 g/mol. The van der Waals surface area contributed by atoms with Gasteiger partial charge in [0.15, 0.2) is 0 Å². The van der Waals surface area contributed by atoms with Gasteiger partial charge >= 0.3 is 0 Å². The van der Waals surface area contributed by atoms with Gasteiger partial charge in [-0.3, -0.25) is 11.3 Å². The third-order valence-corrected chi connectivity index (χ3v) is 7.10. The molecule has 0 saturated heterocycles. The zero-order valence-electron chi connectivity index (χ0n) is 11.7. The number of aromatic nitrogens is 1. The topological polar surface area (TPSA) is 50.9 Å². The largest absolute Gasteiger partial charge is 0.271 e. The van der Waals surface area contributed by atoms with Crippen LogP contribution < -0.4 is 11.3 Å². The number of hydrogen-bond acceptors (Lipinski definition) is 6. The van der Waals surface area contributed by atoms with Crippen LogP contribution in [-0.4, -0.2) is 10.7 Å². The van der Waals surface area contributed by atoms with Gasteiger partial charge in [-0.05, 0) is 37.7 Å². The van der Waals surface area contributed by atoms with Crippen molar-refractivity contribution >= 4 is 34.4 Å². The highest BCUT2D eigenvalue weighted by molar-refractivity contribution is 7.98. The smallest absolute Gasteiger partial charge is 0.0950 e. The van der Waals surface area contributed by atoms with E-state index in [1.807, 2.05) is 23.1 Å². The van der Waals surface area contributed by atoms with Crippen molar-refractivity contribution in [1.82, 2.24) is 10.4 Å². The van der Waals surface area contributed by atoms with Crippen LogP contribution in [0.15, 0.2) is 6.07 Å². The van der Waals surface area contributed by atoms with E-state index >= 15 is 0 Å². The first-order valence-electron chi connectivity index (χ1n) is 6.75. The number of nitrogens with zero attached hydrogens (tertiary/aromatic N) is 1. The van der Waals surface area contributed by atoms with E-state index in [0.717, 1.165) is 17.9 Å². The number of thiazole rings is 1. The Morgan fingerprint density at radius 3 is 2.90 bits per heavy atom. The van der Waals surface area contributed by atoms with Crippen LogP contribution in [0.4, 0.5) is 0 Å². The Hall–Kier alpha value is -0.400. The first kappa shape index (κ1) is 14.5. The molecule has 0 spiro atoms. The lowest BCUT2D eigenvalue weighted by atomic mass is 10.1. The molecule has 0 aromatic carbocycles. The van der Waals surface area contributed by atoms with Crippen LogP contribution in [0, 0.1) is 13.8 Å². The molecule has 3 heterocycles.